The molecule has 1 aromatic carbocycles. The van der Waals surface area contributed by atoms with Gasteiger partial charge in [0.1, 0.15) is 6.07 Å². The molecule has 3 rings (SSSR count). The summed E-state index contributed by atoms with van der Waals surface area (Å²) in [6.45, 7) is 0. The van der Waals surface area contributed by atoms with Crippen LogP contribution in [0, 0.1) is 11.3 Å². The van der Waals surface area contributed by atoms with Gasteiger partial charge in [-0.25, -0.2) is 0 Å². The van der Waals surface area contributed by atoms with Gasteiger partial charge in [-0.2, -0.15) is 5.26 Å². The highest BCUT2D eigenvalue weighted by Crippen LogP contribution is 2.28. The summed E-state index contributed by atoms with van der Waals surface area (Å²) in [4.78, 5) is 11.2. The quantitative estimate of drug-likeness (QED) is 0.826. The Kier molecular flexibility index (Phi) is 2.34. The number of hydrogen-bond acceptors (Lipinski definition) is 4. The molecular weight excluding hydrogens is 230 g/mol. The Bertz CT molecular complexity index is 667. The number of nitriles is 1. The predicted molar refractivity (Wildman–Crippen MR) is 63.6 cm³/mol. The Morgan fingerprint density at radius 3 is 3.00 bits per heavy atom. The van der Waals surface area contributed by atoms with Crippen molar-refractivity contribution in [2.75, 3.05) is 5.32 Å². The van der Waals surface area contributed by atoms with E-state index in [9.17, 15) is 4.79 Å². The molecule has 0 spiro atoms. The van der Waals surface area contributed by atoms with Crippen LogP contribution in [0.4, 0.5) is 5.69 Å². The number of anilines is 1. The number of fused-ring (bicyclic) bond motifs is 1. The van der Waals surface area contributed by atoms with Gasteiger partial charge in [-0.3, -0.25) is 4.79 Å². The number of amides is 1. The zero-order valence-electron chi connectivity index (χ0n) is 9.43. The maximum Gasteiger partial charge on any atom is 0.224 e. The fourth-order valence-corrected chi connectivity index (χ4v) is 2.00. The summed E-state index contributed by atoms with van der Waals surface area (Å²) in [6.07, 6.45) is 1.21. The molecule has 2 aromatic rings. The van der Waals surface area contributed by atoms with Gasteiger partial charge in [-0.1, -0.05) is 5.16 Å². The van der Waals surface area contributed by atoms with E-state index >= 15 is 0 Å². The predicted octanol–water partition coefficient (Wildman–Crippen LogP) is 2.10. The fourth-order valence-electron chi connectivity index (χ4n) is 2.00. The molecule has 1 N–H and O–H groups in total. The second-order valence-electron chi connectivity index (χ2n) is 4.11. The molecule has 5 nitrogen and oxygen atoms in total. The lowest BCUT2D eigenvalue weighted by Gasteiger charge is -2.16. The van der Waals surface area contributed by atoms with Crippen molar-refractivity contribution in [1.29, 1.82) is 5.26 Å². The van der Waals surface area contributed by atoms with Crippen molar-refractivity contribution in [3.8, 4) is 17.4 Å². The topological polar surface area (TPSA) is 78.9 Å². The first-order chi connectivity index (χ1) is 8.76. The van der Waals surface area contributed by atoms with E-state index in [0.717, 1.165) is 16.8 Å². The Labute approximate surface area is 103 Å². The molecule has 2 heterocycles. The number of aryl methyl sites for hydroxylation is 1. The highest BCUT2D eigenvalue weighted by molar-refractivity contribution is 5.94. The molecule has 88 valence electrons. The number of aromatic nitrogens is 1. The van der Waals surface area contributed by atoms with Crippen LogP contribution in [0.3, 0.4) is 0 Å². The van der Waals surface area contributed by atoms with E-state index in [2.05, 4.69) is 10.5 Å². The first-order valence-electron chi connectivity index (χ1n) is 5.56. The van der Waals surface area contributed by atoms with Crippen LogP contribution < -0.4 is 5.32 Å². The van der Waals surface area contributed by atoms with Crippen LogP contribution in [-0.2, 0) is 11.2 Å². The van der Waals surface area contributed by atoms with Gasteiger partial charge < -0.3 is 9.84 Å². The Morgan fingerprint density at radius 2 is 2.22 bits per heavy atom. The van der Waals surface area contributed by atoms with Gasteiger partial charge in [-0.05, 0) is 30.2 Å². The van der Waals surface area contributed by atoms with Crippen LogP contribution in [-0.4, -0.2) is 11.1 Å². The van der Waals surface area contributed by atoms with E-state index in [1.807, 2.05) is 24.3 Å². The molecule has 5 heteroatoms. The molecule has 1 aliphatic rings. The molecule has 18 heavy (non-hydrogen) atoms. The zero-order chi connectivity index (χ0) is 12.5. The fraction of sp³-hybridized carbons (Fsp3) is 0.154. The average molecular weight is 239 g/mol. The van der Waals surface area contributed by atoms with Gasteiger partial charge in [-0.15, -0.1) is 0 Å². The Morgan fingerprint density at radius 1 is 1.33 bits per heavy atom. The summed E-state index contributed by atoms with van der Waals surface area (Å²) >= 11 is 0. The van der Waals surface area contributed by atoms with Gasteiger partial charge in [0.05, 0.1) is 0 Å². The highest BCUT2D eigenvalue weighted by Gasteiger charge is 2.16. The number of rotatable bonds is 1. The normalized spacial score (nSPS) is 13.6. The van der Waals surface area contributed by atoms with E-state index in [-0.39, 0.29) is 11.6 Å². The summed E-state index contributed by atoms with van der Waals surface area (Å²) < 4.78 is 5.09. The molecular formula is C13H9N3O2. The summed E-state index contributed by atoms with van der Waals surface area (Å²) in [5, 5.41) is 15.1. The Balaban J connectivity index is 2.00. The van der Waals surface area contributed by atoms with Crippen molar-refractivity contribution in [2.45, 2.75) is 12.8 Å². The lowest BCUT2D eigenvalue weighted by molar-refractivity contribution is -0.116. The van der Waals surface area contributed by atoms with Crippen molar-refractivity contribution < 1.29 is 9.32 Å². The standard InChI is InChI=1S/C13H9N3O2/c14-7-10-6-12(18-16-10)9-1-3-11-8(5-9)2-4-13(17)15-11/h1,3,5-6H,2,4H2,(H,15,17). The van der Waals surface area contributed by atoms with Gasteiger partial charge in [0.2, 0.25) is 5.91 Å². The molecule has 1 aromatic heterocycles. The smallest absolute Gasteiger partial charge is 0.224 e. The van der Waals surface area contributed by atoms with E-state index in [0.29, 0.717) is 18.6 Å². The van der Waals surface area contributed by atoms with Crippen LogP contribution in [0.2, 0.25) is 0 Å². The van der Waals surface area contributed by atoms with E-state index in [1.165, 1.54) is 0 Å². The average Bonchev–Trinajstić information content (AvgIpc) is 2.87. The third kappa shape index (κ3) is 1.74. The maximum atomic E-state index is 11.2. The molecule has 0 radical (unpaired) electrons. The number of nitrogens with zero attached hydrogens (tertiary/aromatic N) is 2. The molecule has 0 fully saturated rings. The number of hydrogen-bond donors (Lipinski definition) is 1. The summed E-state index contributed by atoms with van der Waals surface area (Å²) in [6, 6.07) is 9.16. The van der Waals surface area contributed by atoms with Crippen molar-refractivity contribution >= 4 is 11.6 Å². The Hall–Kier alpha value is -2.61. The van der Waals surface area contributed by atoms with E-state index in [4.69, 9.17) is 9.78 Å². The minimum absolute atomic E-state index is 0.0432. The molecule has 0 saturated heterocycles. The second-order valence-corrected chi connectivity index (χ2v) is 4.11. The molecule has 1 amide bonds. The molecule has 1 aliphatic heterocycles. The van der Waals surface area contributed by atoms with Crippen LogP contribution in [0.25, 0.3) is 11.3 Å². The monoisotopic (exact) mass is 239 g/mol. The van der Waals surface area contributed by atoms with Crippen LogP contribution >= 0.6 is 0 Å². The zero-order valence-corrected chi connectivity index (χ0v) is 9.43. The van der Waals surface area contributed by atoms with Crippen LogP contribution in [0.1, 0.15) is 17.7 Å². The second kappa shape index (κ2) is 4.00. The minimum atomic E-state index is 0.0432. The van der Waals surface area contributed by atoms with Gasteiger partial charge >= 0.3 is 0 Å². The first kappa shape index (κ1) is 10.5. The molecule has 0 bridgehead atoms. The lowest BCUT2D eigenvalue weighted by Crippen LogP contribution is -2.18. The van der Waals surface area contributed by atoms with Crippen molar-refractivity contribution in [3.63, 3.8) is 0 Å². The van der Waals surface area contributed by atoms with Crippen molar-refractivity contribution in [1.82, 2.24) is 5.16 Å². The van der Waals surface area contributed by atoms with Gasteiger partial charge in [0.25, 0.3) is 0 Å². The molecule has 0 unspecified atom stereocenters. The molecule has 0 atom stereocenters. The molecule has 0 aliphatic carbocycles. The lowest BCUT2D eigenvalue weighted by atomic mass is 9.99. The van der Waals surface area contributed by atoms with Crippen LogP contribution in [0.5, 0.6) is 0 Å². The maximum absolute atomic E-state index is 11.2. The largest absolute Gasteiger partial charge is 0.355 e. The minimum Gasteiger partial charge on any atom is -0.355 e. The number of carbonyl (C=O) groups excluding carboxylic acids is 1. The van der Waals surface area contributed by atoms with Crippen LogP contribution in [0.15, 0.2) is 28.8 Å². The highest BCUT2D eigenvalue weighted by atomic mass is 16.5. The van der Waals surface area contributed by atoms with Crippen molar-refractivity contribution in [2.24, 2.45) is 0 Å². The van der Waals surface area contributed by atoms with Gasteiger partial charge in [0, 0.05) is 23.7 Å². The summed E-state index contributed by atoms with van der Waals surface area (Å²) in [5.74, 6) is 0.605. The molecule has 0 saturated carbocycles. The van der Waals surface area contributed by atoms with Crippen molar-refractivity contribution in [3.05, 3.63) is 35.5 Å². The number of benzene rings is 1. The van der Waals surface area contributed by atoms with Gasteiger partial charge in [0.15, 0.2) is 11.5 Å². The SMILES string of the molecule is N#Cc1cc(-c2ccc3c(c2)CCC(=O)N3)on1. The number of carbonyl (C=O) groups is 1. The third-order valence-corrected chi connectivity index (χ3v) is 2.91. The van der Waals surface area contributed by atoms with E-state index < -0.39 is 0 Å². The van der Waals surface area contributed by atoms with E-state index in [1.54, 1.807) is 6.07 Å². The number of nitrogens with one attached hydrogen (secondary N) is 1. The third-order valence-electron chi connectivity index (χ3n) is 2.91. The first-order valence-corrected chi connectivity index (χ1v) is 5.56. The summed E-state index contributed by atoms with van der Waals surface area (Å²) in [7, 11) is 0. The summed E-state index contributed by atoms with van der Waals surface area (Å²) in [5.41, 5.74) is 3.03.